The minimum atomic E-state index is -2.97. The van der Waals surface area contributed by atoms with Crippen molar-refractivity contribution in [2.75, 3.05) is 13.2 Å². The molecule has 3 heterocycles. The summed E-state index contributed by atoms with van der Waals surface area (Å²) in [7, 11) is 0. The maximum atomic E-state index is 10.7. The van der Waals surface area contributed by atoms with Crippen molar-refractivity contribution >= 4 is 0 Å². The predicted molar refractivity (Wildman–Crippen MR) is 67.7 cm³/mol. The normalized spacial score (nSPS) is 63.2. The molecular weight excluding hydrogens is 336 g/mol. The molecule has 4 rings (SSSR count). The molecule has 1 saturated carbocycles. The van der Waals surface area contributed by atoms with E-state index in [1.807, 2.05) is 0 Å². The molecule has 0 aromatic heterocycles. The van der Waals surface area contributed by atoms with Gasteiger partial charge in [0.05, 0.1) is 13.2 Å². The summed E-state index contributed by atoms with van der Waals surface area (Å²) in [6.07, 6.45) is -12.8. The molecule has 1 unspecified atom stereocenters. The maximum Gasteiger partial charge on any atom is 0.231 e. The molecule has 10 N–H and O–H groups in total. The third-order valence-electron chi connectivity index (χ3n) is 5.32. The highest BCUT2D eigenvalue weighted by atomic mass is 16.8. The average Bonchev–Trinajstić information content (AvgIpc) is 2.57. The number of aliphatic hydroxyl groups is 10. The van der Waals surface area contributed by atoms with Gasteiger partial charge >= 0.3 is 0 Å². The Labute approximate surface area is 134 Å². The molecule has 12 heteroatoms. The van der Waals surface area contributed by atoms with Gasteiger partial charge in [-0.15, -0.1) is 0 Å². The molecule has 140 valence electrons. The Kier molecular flexibility index (Phi) is 3.84. The highest BCUT2D eigenvalue weighted by Crippen LogP contribution is 2.64. The summed E-state index contributed by atoms with van der Waals surface area (Å²) in [6, 6.07) is 0. The Morgan fingerprint density at radius 2 is 1.42 bits per heavy atom. The van der Waals surface area contributed by atoms with E-state index < -0.39 is 72.6 Å². The van der Waals surface area contributed by atoms with Gasteiger partial charge in [-0.2, -0.15) is 0 Å². The maximum absolute atomic E-state index is 10.7. The summed E-state index contributed by atoms with van der Waals surface area (Å²) < 4.78 is 9.91. The van der Waals surface area contributed by atoms with Crippen LogP contribution in [0.4, 0.5) is 0 Å². The van der Waals surface area contributed by atoms with Crippen molar-refractivity contribution in [3.8, 4) is 0 Å². The van der Waals surface area contributed by atoms with Crippen LogP contribution < -0.4 is 0 Å². The van der Waals surface area contributed by atoms with Crippen molar-refractivity contribution in [1.82, 2.24) is 0 Å². The van der Waals surface area contributed by atoms with E-state index in [1.165, 1.54) is 0 Å². The number of hydrogen-bond donors (Lipinski definition) is 10. The molecule has 3 aliphatic heterocycles. The Hall–Kier alpha value is -0.480. The number of hydrogen-bond acceptors (Lipinski definition) is 12. The average molecular weight is 356 g/mol. The molecule has 4 aliphatic rings. The Balaban J connectivity index is 2.15. The van der Waals surface area contributed by atoms with Crippen LogP contribution >= 0.6 is 0 Å². The molecule has 0 aromatic carbocycles. The molecule has 0 radical (unpaired) electrons. The van der Waals surface area contributed by atoms with E-state index >= 15 is 0 Å². The van der Waals surface area contributed by atoms with Gasteiger partial charge in [-0.1, -0.05) is 0 Å². The van der Waals surface area contributed by atoms with Crippen LogP contribution in [0.15, 0.2) is 0 Å². The number of aliphatic hydroxyl groups excluding tert-OH is 7. The van der Waals surface area contributed by atoms with Crippen LogP contribution in [0.5, 0.6) is 0 Å². The lowest BCUT2D eigenvalue weighted by molar-refractivity contribution is -0.581. The zero-order valence-corrected chi connectivity index (χ0v) is 12.2. The zero-order chi connectivity index (χ0) is 18.3. The van der Waals surface area contributed by atoms with Crippen LogP contribution in [0.2, 0.25) is 0 Å². The highest BCUT2D eigenvalue weighted by Gasteiger charge is 2.93. The lowest BCUT2D eigenvalue weighted by atomic mass is 9.48. The van der Waals surface area contributed by atoms with Gasteiger partial charge in [0.25, 0.3) is 0 Å². The van der Waals surface area contributed by atoms with Crippen molar-refractivity contribution < 1.29 is 60.5 Å². The van der Waals surface area contributed by atoms with E-state index in [2.05, 4.69) is 0 Å². The first-order valence-corrected chi connectivity index (χ1v) is 7.15. The molecule has 24 heavy (non-hydrogen) atoms. The predicted octanol–water partition coefficient (Wildman–Crippen LogP) is -6.93. The van der Waals surface area contributed by atoms with Crippen molar-refractivity contribution in [2.45, 2.75) is 59.4 Å². The first-order valence-electron chi connectivity index (χ1n) is 7.15. The Morgan fingerprint density at radius 1 is 0.833 bits per heavy atom. The van der Waals surface area contributed by atoms with Gasteiger partial charge in [0.15, 0.2) is 11.2 Å². The van der Waals surface area contributed by atoms with Crippen LogP contribution in [0.25, 0.3) is 0 Å². The van der Waals surface area contributed by atoms with Gasteiger partial charge in [0.1, 0.15) is 36.6 Å². The quantitative estimate of drug-likeness (QED) is 0.223. The first-order chi connectivity index (χ1) is 11.0. The second kappa shape index (κ2) is 5.03. The van der Waals surface area contributed by atoms with E-state index in [-0.39, 0.29) is 0 Å². The van der Waals surface area contributed by atoms with Gasteiger partial charge < -0.3 is 60.5 Å². The molecule has 1 aliphatic carbocycles. The van der Waals surface area contributed by atoms with Gasteiger partial charge in [0.2, 0.25) is 11.6 Å². The summed E-state index contributed by atoms with van der Waals surface area (Å²) >= 11 is 0. The van der Waals surface area contributed by atoms with E-state index in [0.717, 1.165) is 0 Å². The van der Waals surface area contributed by atoms with Crippen molar-refractivity contribution in [2.24, 2.45) is 0 Å². The molecule has 12 nitrogen and oxygen atoms in total. The van der Waals surface area contributed by atoms with Gasteiger partial charge in [-0.25, -0.2) is 0 Å². The van der Waals surface area contributed by atoms with Crippen LogP contribution in [0.1, 0.15) is 0 Å². The molecule has 10 atom stereocenters. The number of rotatable bonds is 2. The lowest BCUT2D eigenvalue weighted by Crippen LogP contribution is -3.02. The summed E-state index contributed by atoms with van der Waals surface area (Å²) in [5, 5.41) is 99.9. The summed E-state index contributed by atoms with van der Waals surface area (Å²) in [6.45, 7) is -2.22. The smallest absolute Gasteiger partial charge is 0.231 e. The van der Waals surface area contributed by atoms with Crippen LogP contribution in [0, 0.1) is 0 Å². The van der Waals surface area contributed by atoms with Crippen LogP contribution in [0.3, 0.4) is 0 Å². The first kappa shape index (κ1) is 18.3. The van der Waals surface area contributed by atoms with Gasteiger partial charge in [0, 0.05) is 0 Å². The monoisotopic (exact) mass is 356 g/mol. The largest absolute Gasteiger partial charge is 0.394 e. The fourth-order valence-electron chi connectivity index (χ4n) is 3.97. The number of ether oxygens (including phenoxy) is 2. The third-order valence-corrected chi connectivity index (χ3v) is 5.32. The second-order valence-corrected chi connectivity index (χ2v) is 6.43. The van der Waals surface area contributed by atoms with Crippen LogP contribution in [-0.2, 0) is 9.47 Å². The molecule has 0 aromatic rings. The number of fused-ring (bicyclic) bond motifs is 2. The van der Waals surface area contributed by atoms with Gasteiger partial charge in [-0.05, 0) is 0 Å². The Bertz CT molecular complexity index is 532. The topological polar surface area (TPSA) is 221 Å². The standard InChI is InChI=1S/C12H20O12/c13-1-3-5(16)10(21)8(19)12(22,23-3)11(10)7(18)4(15)6(17)9(20,2-14)24-11/h3-8,13-22H,1-2H2/t3-,4+,5+,6+,7+,8-,9+,10-,11?,12+/m1/s1. The molecule has 3 saturated heterocycles. The van der Waals surface area contributed by atoms with Gasteiger partial charge in [-0.3, -0.25) is 0 Å². The summed E-state index contributed by atoms with van der Waals surface area (Å²) in [5.41, 5.74) is -5.84. The lowest BCUT2D eigenvalue weighted by Gasteiger charge is -2.75. The highest BCUT2D eigenvalue weighted by molar-refractivity contribution is 5.38. The van der Waals surface area contributed by atoms with E-state index in [1.54, 1.807) is 0 Å². The SMILES string of the molecule is OC[C@H]1O[C@@]2(O)[C@H](O)[C@](O)([C@H]1O)C21O[C@@](O)(CO)[C@@H](O)[C@H](O)[C@@H]1O. The molecule has 1 spiro atoms. The second-order valence-electron chi connectivity index (χ2n) is 6.43. The molecule has 4 fully saturated rings. The zero-order valence-electron chi connectivity index (χ0n) is 12.2. The minimum absolute atomic E-state index is 0.889. The fraction of sp³-hybridized carbons (Fsp3) is 1.00. The summed E-state index contributed by atoms with van der Waals surface area (Å²) in [5.74, 6) is -5.94. The molecular formula is C12H20O12. The fourth-order valence-corrected chi connectivity index (χ4v) is 3.97. The van der Waals surface area contributed by atoms with E-state index in [0.29, 0.717) is 0 Å². The van der Waals surface area contributed by atoms with E-state index in [4.69, 9.17) is 14.6 Å². The Morgan fingerprint density at radius 3 is 1.92 bits per heavy atom. The van der Waals surface area contributed by atoms with E-state index in [9.17, 15) is 46.0 Å². The van der Waals surface area contributed by atoms with Crippen molar-refractivity contribution in [1.29, 1.82) is 0 Å². The van der Waals surface area contributed by atoms with Crippen molar-refractivity contribution in [3.63, 3.8) is 0 Å². The summed E-state index contributed by atoms with van der Waals surface area (Å²) in [4.78, 5) is 0. The molecule has 0 amide bonds. The van der Waals surface area contributed by atoms with Crippen LogP contribution in [-0.4, -0.2) is 124 Å². The molecule has 2 bridgehead atoms. The van der Waals surface area contributed by atoms with Crippen molar-refractivity contribution in [3.05, 3.63) is 0 Å². The minimum Gasteiger partial charge on any atom is -0.394 e. The third kappa shape index (κ3) is 1.59.